The first-order valence-corrected chi connectivity index (χ1v) is 12.8. The van der Waals surface area contributed by atoms with Crippen LogP contribution in [-0.2, 0) is 0 Å². The van der Waals surface area contributed by atoms with Crippen LogP contribution in [0, 0.1) is 11.3 Å². The van der Waals surface area contributed by atoms with Gasteiger partial charge >= 0.3 is 0 Å². The van der Waals surface area contributed by atoms with Crippen molar-refractivity contribution in [1.82, 2.24) is 0 Å². The lowest BCUT2D eigenvalue weighted by molar-refractivity contribution is 1.48. The summed E-state index contributed by atoms with van der Waals surface area (Å²) in [6.07, 6.45) is 0. The van der Waals surface area contributed by atoms with Crippen molar-refractivity contribution in [2.75, 3.05) is 0 Å². The lowest BCUT2D eigenvalue weighted by Gasteiger charge is -2.12. The van der Waals surface area contributed by atoms with Crippen LogP contribution < -0.4 is 0 Å². The minimum absolute atomic E-state index is 0.672. The number of benzene rings is 7. The molecule has 0 radical (unpaired) electrons. The maximum absolute atomic E-state index is 9.24. The first kappa shape index (κ1) is 22.0. The molecular formula is C37H23N. The summed E-state index contributed by atoms with van der Waals surface area (Å²) in [6.45, 7) is 0. The van der Waals surface area contributed by atoms with Crippen LogP contribution in [0.15, 0.2) is 140 Å². The SMILES string of the molecule is N#Cc1ccc(-c2cc(-c3ccc4ccc(-c5ccc6ccccc6c5)cc4c3)cc3ccccc23)cc1. The molecule has 176 valence electrons. The highest BCUT2D eigenvalue weighted by molar-refractivity contribution is 6.01. The van der Waals surface area contributed by atoms with Crippen molar-refractivity contribution >= 4 is 32.3 Å². The van der Waals surface area contributed by atoms with Crippen LogP contribution in [0.1, 0.15) is 5.56 Å². The van der Waals surface area contributed by atoms with Gasteiger partial charge in [-0.3, -0.25) is 0 Å². The topological polar surface area (TPSA) is 23.8 Å². The Kier molecular flexibility index (Phi) is 5.24. The first-order chi connectivity index (χ1) is 18.7. The van der Waals surface area contributed by atoms with Gasteiger partial charge in [-0.2, -0.15) is 5.26 Å². The van der Waals surface area contributed by atoms with E-state index in [0.717, 1.165) is 5.56 Å². The molecule has 0 bridgehead atoms. The van der Waals surface area contributed by atoms with E-state index in [9.17, 15) is 5.26 Å². The maximum atomic E-state index is 9.24. The highest BCUT2D eigenvalue weighted by Gasteiger charge is 2.10. The Hall–Kier alpha value is -5.19. The molecule has 0 amide bonds. The third kappa shape index (κ3) is 3.90. The van der Waals surface area contributed by atoms with E-state index in [1.165, 1.54) is 60.1 Å². The third-order valence-corrected chi connectivity index (χ3v) is 7.44. The fraction of sp³-hybridized carbons (Fsp3) is 0. The fourth-order valence-electron chi connectivity index (χ4n) is 5.42. The molecule has 0 aliphatic carbocycles. The summed E-state index contributed by atoms with van der Waals surface area (Å²) < 4.78 is 0. The van der Waals surface area contributed by atoms with Crippen molar-refractivity contribution in [2.45, 2.75) is 0 Å². The molecule has 0 atom stereocenters. The van der Waals surface area contributed by atoms with E-state index in [0.29, 0.717) is 5.56 Å². The standard InChI is InChI=1S/C37H23N/c38-24-25-9-11-28(12-10-25)37-23-35(22-33-7-3-4-8-36(33)37)32-18-15-27-14-17-31(20-34(27)21-32)30-16-13-26-5-1-2-6-29(26)19-30/h1-23H. The maximum Gasteiger partial charge on any atom is 0.0991 e. The smallest absolute Gasteiger partial charge is 0.0991 e. The molecule has 7 aromatic rings. The molecule has 0 spiro atoms. The van der Waals surface area contributed by atoms with Crippen molar-refractivity contribution in [3.8, 4) is 39.4 Å². The lowest BCUT2D eigenvalue weighted by Crippen LogP contribution is -1.87. The Balaban J connectivity index is 1.36. The second-order valence-corrected chi connectivity index (χ2v) is 9.77. The Bertz CT molecular complexity index is 2020. The summed E-state index contributed by atoms with van der Waals surface area (Å²) in [7, 11) is 0. The van der Waals surface area contributed by atoms with Gasteiger partial charge in [-0.15, -0.1) is 0 Å². The van der Waals surface area contributed by atoms with Crippen LogP contribution in [-0.4, -0.2) is 0 Å². The number of hydrogen-bond acceptors (Lipinski definition) is 1. The fourth-order valence-corrected chi connectivity index (χ4v) is 5.42. The Morgan fingerprint density at radius 1 is 0.368 bits per heavy atom. The van der Waals surface area contributed by atoms with E-state index >= 15 is 0 Å². The van der Waals surface area contributed by atoms with Gasteiger partial charge in [0.2, 0.25) is 0 Å². The zero-order valence-corrected chi connectivity index (χ0v) is 20.7. The molecule has 0 aromatic heterocycles. The van der Waals surface area contributed by atoms with Gasteiger partial charge < -0.3 is 0 Å². The average molecular weight is 482 g/mol. The van der Waals surface area contributed by atoms with E-state index in [2.05, 4.69) is 121 Å². The second-order valence-electron chi connectivity index (χ2n) is 9.77. The van der Waals surface area contributed by atoms with Crippen LogP contribution in [0.25, 0.3) is 65.7 Å². The first-order valence-electron chi connectivity index (χ1n) is 12.8. The number of fused-ring (bicyclic) bond motifs is 3. The molecule has 0 saturated heterocycles. The number of hydrogen-bond donors (Lipinski definition) is 0. The molecule has 1 heteroatoms. The van der Waals surface area contributed by atoms with E-state index < -0.39 is 0 Å². The molecule has 7 aromatic carbocycles. The van der Waals surface area contributed by atoms with Crippen LogP contribution >= 0.6 is 0 Å². The van der Waals surface area contributed by atoms with E-state index in [-0.39, 0.29) is 0 Å². The van der Waals surface area contributed by atoms with Gasteiger partial charge in [-0.1, -0.05) is 97.1 Å². The number of rotatable bonds is 3. The van der Waals surface area contributed by atoms with Crippen molar-refractivity contribution < 1.29 is 0 Å². The molecule has 0 fully saturated rings. The molecule has 0 aliphatic heterocycles. The number of nitriles is 1. The summed E-state index contributed by atoms with van der Waals surface area (Å²) in [6, 6.07) is 51.8. The minimum Gasteiger partial charge on any atom is -0.192 e. The third-order valence-electron chi connectivity index (χ3n) is 7.44. The molecule has 7 rings (SSSR count). The molecule has 0 saturated carbocycles. The monoisotopic (exact) mass is 481 g/mol. The predicted octanol–water partition coefficient (Wildman–Crippen LogP) is 10.0. The summed E-state index contributed by atoms with van der Waals surface area (Å²) in [5.74, 6) is 0. The summed E-state index contributed by atoms with van der Waals surface area (Å²) >= 11 is 0. The summed E-state index contributed by atoms with van der Waals surface area (Å²) in [5.41, 5.74) is 7.77. The average Bonchev–Trinajstić information content (AvgIpc) is 2.99. The Labute approximate surface area is 221 Å². The van der Waals surface area contributed by atoms with Gasteiger partial charge in [0.15, 0.2) is 0 Å². The summed E-state index contributed by atoms with van der Waals surface area (Å²) in [4.78, 5) is 0. The Morgan fingerprint density at radius 3 is 1.55 bits per heavy atom. The zero-order valence-electron chi connectivity index (χ0n) is 20.7. The van der Waals surface area contributed by atoms with Crippen molar-refractivity contribution in [1.29, 1.82) is 5.26 Å². The Morgan fingerprint density at radius 2 is 0.868 bits per heavy atom. The van der Waals surface area contributed by atoms with Crippen LogP contribution in [0.3, 0.4) is 0 Å². The highest BCUT2D eigenvalue weighted by Crippen LogP contribution is 2.36. The van der Waals surface area contributed by atoms with Gasteiger partial charge in [0, 0.05) is 0 Å². The quantitative estimate of drug-likeness (QED) is 0.246. The van der Waals surface area contributed by atoms with Crippen molar-refractivity contribution in [3.05, 3.63) is 145 Å². The molecule has 1 nitrogen and oxygen atoms in total. The minimum atomic E-state index is 0.672. The van der Waals surface area contributed by atoms with Crippen molar-refractivity contribution in [3.63, 3.8) is 0 Å². The molecule has 0 heterocycles. The van der Waals surface area contributed by atoms with E-state index in [1.807, 2.05) is 24.3 Å². The van der Waals surface area contributed by atoms with Gasteiger partial charge in [0.05, 0.1) is 11.6 Å². The van der Waals surface area contributed by atoms with Gasteiger partial charge in [0.25, 0.3) is 0 Å². The molecule has 0 N–H and O–H groups in total. The molecule has 0 aliphatic rings. The summed E-state index contributed by atoms with van der Waals surface area (Å²) in [5, 5.41) is 16.6. The molecule has 38 heavy (non-hydrogen) atoms. The van der Waals surface area contributed by atoms with Gasteiger partial charge in [-0.05, 0) is 108 Å². The van der Waals surface area contributed by atoms with Crippen molar-refractivity contribution in [2.24, 2.45) is 0 Å². The lowest BCUT2D eigenvalue weighted by atomic mass is 9.91. The van der Waals surface area contributed by atoms with E-state index in [4.69, 9.17) is 0 Å². The van der Waals surface area contributed by atoms with Crippen LogP contribution in [0.4, 0.5) is 0 Å². The molecule has 0 unspecified atom stereocenters. The number of nitrogens with zero attached hydrogens (tertiary/aromatic N) is 1. The highest BCUT2D eigenvalue weighted by atomic mass is 14.2. The second kappa shape index (κ2) is 9.04. The van der Waals surface area contributed by atoms with Crippen LogP contribution in [0.2, 0.25) is 0 Å². The predicted molar refractivity (Wildman–Crippen MR) is 160 cm³/mol. The van der Waals surface area contributed by atoms with E-state index in [1.54, 1.807) is 0 Å². The largest absolute Gasteiger partial charge is 0.192 e. The normalized spacial score (nSPS) is 11.1. The van der Waals surface area contributed by atoms with Crippen LogP contribution in [0.5, 0.6) is 0 Å². The van der Waals surface area contributed by atoms with Gasteiger partial charge in [-0.25, -0.2) is 0 Å². The van der Waals surface area contributed by atoms with Gasteiger partial charge in [0.1, 0.15) is 0 Å². The zero-order chi connectivity index (χ0) is 25.5. The molecular weight excluding hydrogens is 458 g/mol.